The number of nitrogens with two attached hydrogens (primary N) is 1. The van der Waals surface area contributed by atoms with E-state index in [1.165, 1.54) is 0 Å². The first-order chi connectivity index (χ1) is 9.65. The third-order valence-corrected chi connectivity index (χ3v) is 3.35. The quantitative estimate of drug-likeness (QED) is 0.746. The van der Waals surface area contributed by atoms with Crippen LogP contribution in [0.15, 0.2) is 18.2 Å². The molecule has 0 aromatic heterocycles. The van der Waals surface area contributed by atoms with Gasteiger partial charge in [0.1, 0.15) is 11.5 Å². The molecule has 20 heavy (non-hydrogen) atoms. The molecule has 0 radical (unpaired) electrons. The maximum atomic E-state index is 6.31. The summed E-state index contributed by atoms with van der Waals surface area (Å²) in [7, 11) is 4.99. The average molecular weight is 282 g/mol. The molecule has 0 aliphatic heterocycles. The predicted molar refractivity (Wildman–Crippen MR) is 80.5 cm³/mol. The molecule has 0 amide bonds. The van der Waals surface area contributed by atoms with Crippen LogP contribution >= 0.6 is 0 Å². The van der Waals surface area contributed by atoms with Crippen LogP contribution in [-0.4, -0.2) is 52.5 Å². The molecule has 1 unspecified atom stereocenters. The van der Waals surface area contributed by atoms with E-state index in [4.69, 9.17) is 19.9 Å². The smallest absolute Gasteiger partial charge is 0.127 e. The summed E-state index contributed by atoms with van der Waals surface area (Å²) in [6, 6.07) is 5.63. The minimum atomic E-state index is -0.104. The van der Waals surface area contributed by atoms with Gasteiger partial charge in [-0.1, -0.05) is 13.0 Å². The lowest BCUT2D eigenvalue weighted by Gasteiger charge is -2.25. The fourth-order valence-electron chi connectivity index (χ4n) is 2.10. The Morgan fingerprint density at radius 1 is 1.20 bits per heavy atom. The first-order valence-electron chi connectivity index (χ1n) is 6.85. The lowest BCUT2D eigenvalue weighted by molar-refractivity contribution is 0.147. The number of nitrogens with zero attached hydrogens (tertiary/aromatic N) is 1. The van der Waals surface area contributed by atoms with Crippen molar-refractivity contribution in [2.45, 2.75) is 13.0 Å². The van der Waals surface area contributed by atoms with Crippen molar-refractivity contribution >= 4 is 0 Å². The van der Waals surface area contributed by atoms with E-state index in [0.29, 0.717) is 6.61 Å². The van der Waals surface area contributed by atoms with Gasteiger partial charge in [-0.3, -0.25) is 4.90 Å². The molecular formula is C15H26N2O3. The molecule has 1 atom stereocenters. The number of hydrogen-bond acceptors (Lipinski definition) is 5. The van der Waals surface area contributed by atoms with Gasteiger partial charge in [-0.15, -0.1) is 0 Å². The third-order valence-electron chi connectivity index (χ3n) is 3.35. The standard InChI is InChI=1S/C15H26N2O3/c1-5-17(8-9-18-2)11-14(16)13-7-6-12(19-3)10-15(13)20-4/h6-7,10,14H,5,8-9,11,16H2,1-4H3. The molecule has 0 bridgehead atoms. The highest BCUT2D eigenvalue weighted by molar-refractivity contribution is 5.42. The second-order valence-corrected chi connectivity index (χ2v) is 4.60. The number of ether oxygens (including phenoxy) is 3. The van der Waals surface area contributed by atoms with Crippen LogP contribution in [0.1, 0.15) is 18.5 Å². The van der Waals surface area contributed by atoms with Crippen molar-refractivity contribution in [2.75, 3.05) is 47.6 Å². The van der Waals surface area contributed by atoms with Crippen molar-refractivity contribution in [1.29, 1.82) is 0 Å². The fourth-order valence-corrected chi connectivity index (χ4v) is 2.10. The van der Waals surface area contributed by atoms with Gasteiger partial charge in [-0.25, -0.2) is 0 Å². The molecule has 0 spiro atoms. The van der Waals surface area contributed by atoms with Crippen molar-refractivity contribution in [2.24, 2.45) is 5.73 Å². The van der Waals surface area contributed by atoms with E-state index in [-0.39, 0.29) is 6.04 Å². The Kier molecular flexibility index (Phi) is 7.36. The van der Waals surface area contributed by atoms with E-state index >= 15 is 0 Å². The summed E-state index contributed by atoms with van der Waals surface area (Å²) in [5.74, 6) is 1.53. The summed E-state index contributed by atoms with van der Waals surface area (Å²) in [5, 5.41) is 0. The Labute approximate surface area is 121 Å². The maximum Gasteiger partial charge on any atom is 0.127 e. The van der Waals surface area contributed by atoms with Crippen molar-refractivity contribution in [3.8, 4) is 11.5 Å². The molecule has 0 fully saturated rings. The minimum Gasteiger partial charge on any atom is -0.497 e. The van der Waals surface area contributed by atoms with Gasteiger partial charge in [0.2, 0.25) is 0 Å². The highest BCUT2D eigenvalue weighted by Crippen LogP contribution is 2.28. The van der Waals surface area contributed by atoms with Crippen LogP contribution in [0.3, 0.4) is 0 Å². The number of methoxy groups -OCH3 is 3. The second-order valence-electron chi connectivity index (χ2n) is 4.60. The summed E-state index contributed by atoms with van der Waals surface area (Å²) in [6.07, 6.45) is 0. The number of likely N-dealkylation sites (N-methyl/N-ethyl adjacent to an activating group) is 1. The molecule has 114 valence electrons. The highest BCUT2D eigenvalue weighted by Gasteiger charge is 2.15. The van der Waals surface area contributed by atoms with Gasteiger partial charge in [0, 0.05) is 37.9 Å². The van der Waals surface area contributed by atoms with Crippen LogP contribution in [0.5, 0.6) is 11.5 Å². The third kappa shape index (κ3) is 4.67. The molecule has 0 saturated heterocycles. The summed E-state index contributed by atoms with van der Waals surface area (Å²) >= 11 is 0. The van der Waals surface area contributed by atoms with E-state index in [1.54, 1.807) is 21.3 Å². The average Bonchev–Trinajstić information content (AvgIpc) is 2.50. The van der Waals surface area contributed by atoms with Gasteiger partial charge in [0.25, 0.3) is 0 Å². The molecule has 2 N–H and O–H groups in total. The monoisotopic (exact) mass is 282 g/mol. The van der Waals surface area contributed by atoms with E-state index in [0.717, 1.165) is 36.7 Å². The van der Waals surface area contributed by atoms with E-state index in [1.807, 2.05) is 18.2 Å². The first kappa shape index (κ1) is 16.8. The number of rotatable bonds is 9. The van der Waals surface area contributed by atoms with Crippen LogP contribution in [0.25, 0.3) is 0 Å². The number of benzene rings is 1. The molecule has 5 nitrogen and oxygen atoms in total. The van der Waals surface area contributed by atoms with Crippen LogP contribution < -0.4 is 15.2 Å². The molecule has 0 heterocycles. The largest absolute Gasteiger partial charge is 0.497 e. The Bertz CT molecular complexity index is 399. The van der Waals surface area contributed by atoms with Gasteiger partial charge in [-0.2, -0.15) is 0 Å². The van der Waals surface area contributed by atoms with Crippen LogP contribution in [0, 0.1) is 0 Å². The first-order valence-corrected chi connectivity index (χ1v) is 6.85. The van der Waals surface area contributed by atoms with Crippen molar-refractivity contribution in [3.05, 3.63) is 23.8 Å². The van der Waals surface area contributed by atoms with E-state index < -0.39 is 0 Å². The van der Waals surface area contributed by atoms with Crippen molar-refractivity contribution < 1.29 is 14.2 Å². The molecule has 5 heteroatoms. The summed E-state index contributed by atoms with van der Waals surface area (Å²) in [5.41, 5.74) is 7.30. The molecule has 1 aromatic carbocycles. The molecule has 0 aliphatic carbocycles. The van der Waals surface area contributed by atoms with Gasteiger partial charge in [-0.05, 0) is 12.6 Å². The lowest BCUT2D eigenvalue weighted by atomic mass is 10.1. The zero-order valence-corrected chi connectivity index (χ0v) is 12.9. The van der Waals surface area contributed by atoms with Crippen LogP contribution in [-0.2, 0) is 4.74 Å². The molecule has 1 aromatic rings. The normalized spacial score (nSPS) is 12.5. The molecule has 0 aliphatic rings. The zero-order chi connectivity index (χ0) is 15.0. The van der Waals surface area contributed by atoms with E-state index in [9.17, 15) is 0 Å². The second kappa shape index (κ2) is 8.79. The Balaban J connectivity index is 2.77. The topological polar surface area (TPSA) is 57.0 Å². The summed E-state index contributed by atoms with van der Waals surface area (Å²) in [6.45, 7) is 5.41. The van der Waals surface area contributed by atoms with Gasteiger partial charge in [0.15, 0.2) is 0 Å². The van der Waals surface area contributed by atoms with Gasteiger partial charge in [0.05, 0.1) is 20.8 Å². The predicted octanol–water partition coefficient (Wildman–Crippen LogP) is 1.67. The highest BCUT2D eigenvalue weighted by atomic mass is 16.5. The molecule has 1 rings (SSSR count). The fraction of sp³-hybridized carbons (Fsp3) is 0.600. The zero-order valence-electron chi connectivity index (χ0n) is 12.9. The summed E-state index contributed by atoms with van der Waals surface area (Å²) < 4.78 is 15.7. The van der Waals surface area contributed by atoms with Crippen molar-refractivity contribution in [1.82, 2.24) is 4.90 Å². The maximum absolute atomic E-state index is 6.31. The van der Waals surface area contributed by atoms with Gasteiger partial charge < -0.3 is 19.9 Å². The summed E-state index contributed by atoms with van der Waals surface area (Å²) in [4.78, 5) is 2.26. The Morgan fingerprint density at radius 3 is 2.50 bits per heavy atom. The van der Waals surface area contributed by atoms with Crippen molar-refractivity contribution in [3.63, 3.8) is 0 Å². The number of hydrogen-bond donors (Lipinski definition) is 1. The molecule has 0 saturated carbocycles. The Hall–Kier alpha value is -1.30. The van der Waals surface area contributed by atoms with Crippen LogP contribution in [0.4, 0.5) is 0 Å². The van der Waals surface area contributed by atoms with Crippen LogP contribution in [0.2, 0.25) is 0 Å². The molecular weight excluding hydrogens is 256 g/mol. The Morgan fingerprint density at radius 2 is 1.95 bits per heavy atom. The lowest BCUT2D eigenvalue weighted by Crippen LogP contribution is -2.34. The van der Waals surface area contributed by atoms with Gasteiger partial charge >= 0.3 is 0 Å². The minimum absolute atomic E-state index is 0.104. The SMILES string of the molecule is CCN(CCOC)CC(N)c1ccc(OC)cc1OC. The van der Waals surface area contributed by atoms with E-state index in [2.05, 4.69) is 11.8 Å².